The van der Waals surface area contributed by atoms with Crippen molar-refractivity contribution in [1.82, 2.24) is 19.6 Å². The molecule has 0 radical (unpaired) electrons. The second kappa shape index (κ2) is 6.23. The molecule has 27 heavy (non-hydrogen) atoms. The van der Waals surface area contributed by atoms with Gasteiger partial charge in [-0.2, -0.15) is 0 Å². The summed E-state index contributed by atoms with van der Waals surface area (Å²) in [5.41, 5.74) is 2.08. The van der Waals surface area contributed by atoms with Crippen LogP contribution in [0.15, 0.2) is 24.5 Å². The summed E-state index contributed by atoms with van der Waals surface area (Å²) in [6.45, 7) is 2.27. The second-order valence-electron chi connectivity index (χ2n) is 6.94. The molecule has 138 valence electrons. The molecule has 1 aliphatic carbocycles. The van der Waals surface area contributed by atoms with E-state index in [1.807, 2.05) is 0 Å². The van der Waals surface area contributed by atoms with Crippen LogP contribution in [0, 0.1) is 17.6 Å². The molecule has 3 heterocycles. The largest absolute Gasteiger partial charge is 0.482 e. The van der Waals surface area contributed by atoms with Gasteiger partial charge in [-0.25, -0.2) is 23.3 Å². The first-order valence-corrected chi connectivity index (χ1v) is 9.62. The summed E-state index contributed by atoms with van der Waals surface area (Å²) in [6, 6.07) is 3.21. The zero-order valence-corrected chi connectivity index (χ0v) is 15.4. The number of nitrogens with zero attached hydrogens (tertiary/aromatic N) is 4. The van der Waals surface area contributed by atoms with E-state index in [0.29, 0.717) is 11.7 Å². The summed E-state index contributed by atoms with van der Waals surface area (Å²) in [5.74, 6) is -0.300. The fraction of sp³-hybridized carbons (Fsp3) is 0.316. The summed E-state index contributed by atoms with van der Waals surface area (Å²) in [5, 5.41) is 5.46. The Morgan fingerprint density at radius 1 is 1.33 bits per heavy atom. The average molecular weight is 386 g/mol. The van der Waals surface area contributed by atoms with Gasteiger partial charge in [-0.05, 0) is 42.9 Å². The summed E-state index contributed by atoms with van der Waals surface area (Å²) >= 11 is 1.73. The number of fused-ring (bicyclic) bond motifs is 5. The molecule has 3 aromatic heterocycles. The predicted molar refractivity (Wildman–Crippen MR) is 98.0 cm³/mol. The van der Waals surface area contributed by atoms with E-state index in [-0.39, 0.29) is 12.4 Å². The van der Waals surface area contributed by atoms with Crippen LogP contribution in [0.1, 0.15) is 29.6 Å². The first-order valence-electron chi connectivity index (χ1n) is 8.81. The van der Waals surface area contributed by atoms with Gasteiger partial charge in [0.15, 0.2) is 23.0 Å². The lowest BCUT2D eigenvalue weighted by Gasteiger charge is -2.17. The maximum absolute atomic E-state index is 13.7. The molecule has 0 N–H and O–H groups in total. The number of halogens is 2. The highest BCUT2D eigenvalue weighted by Gasteiger charge is 2.23. The van der Waals surface area contributed by atoms with Crippen molar-refractivity contribution >= 4 is 27.2 Å². The van der Waals surface area contributed by atoms with E-state index >= 15 is 0 Å². The molecule has 5 nitrogen and oxygen atoms in total. The highest BCUT2D eigenvalue weighted by molar-refractivity contribution is 7.19. The van der Waals surface area contributed by atoms with Crippen molar-refractivity contribution in [3.05, 3.63) is 52.4 Å². The summed E-state index contributed by atoms with van der Waals surface area (Å²) < 4.78 is 33.8. The first kappa shape index (κ1) is 16.6. The molecule has 1 atom stereocenters. The number of thiophene rings is 1. The van der Waals surface area contributed by atoms with E-state index in [0.717, 1.165) is 47.3 Å². The van der Waals surface area contributed by atoms with Gasteiger partial charge in [0.25, 0.3) is 0 Å². The lowest BCUT2D eigenvalue weighted by molar-refractivity contribution is 0.280. The van der Waals surface area contributed by atoms with Crippen molar-refractivity contribution in [1.29, 1.82) is 0 Å². The Kier molecular flexibility index (Phi) is 3.82. The summed E-state index contributed by atoms with van der Waals surface area (Å²) in [7, 11) is 0. The molecule has 1 aliphatic rings. The number of aryl methyl sites for hydroxylation is 1. The van der Waals surface area contributed by atoms with Gasteiger partial charge < -0.3 is 4.74 Å². The van der Waals surface area contributed by atoms with Gasteiger partial charge in [0, 0.05) is 10.9 Å². The van der Waals surface area contributed by atoms with Gasteiger partial charge in [-0.3, -0.25) is 0 Å². The predicted octanol–water partition coefficient (Wildman–Crippen LogP) is 4.32. The first-order chi connectivity index (χ1) is 13.1. The summed E-state index contributed by atoms with van der Waals surface area (Å²) in [6.07, 6.45) is 4.92. The molecule has 0 saturated heterocycles. The summed E-state index contributed by atoms with van der Waals surface area (Å²) in [4.78, 5) is 11.5. The lowest BCUT2D eigenvalue weighted by Crippen LogP contribution is -2.08. The number of hydrogen-bond donors (Lipinski definition) is 0. The highest BCUT2D eigenvalue weighted by atomic mass is 32.1. The molecule has 0 aliphatic heterocycles. The highest BCUT2D eigenvalue weighted by Crippen LogP contribution is 2.38. The molecule has 0 spiro atoms. The molecule has 1 aromatic carbocycles. The zero-order chi connectivity index (χ0) is 18.5. The van der Waals surface area contributed by atoms with E-state index in [2.05, 4.69) is 22.0 Å². The molecular formula is C19H16F2N4OS. The van der Waals surface area contributed by atoms with Crippen LogP contribution >= 0.6 is 11.3 Å². The molecule has 0 amide bonds. The van der Waals surface area contributed by atoms with Crippen LogP contribution in [0.5, 0.6) is 5.75 Å². The van der Waals surface area contributed by atoms with E-state index in [1.165, 1.54) is 16.5 Å². The third-order valence-corrected chi connectivity index (χ3v) is 6.09. The van der Waals surface area contributed by atoms with Crippen molar-refractivity contribution < 1.29 is 13.5 Å². The molecule has 8 heteroatoms. The Balaban J connectivity index is 1.50. The van der Waals surface area contributed by atoms with Crippen LogP contribution < -0.4 is 4.74 Å². The van der Waals surface area contributed by atoms with Crippen LogP contribution in [-0.4, -0.2) is 19.6 Å². The Morgan fingerprint density at radius 3 is 3.07 bits per heavy atom. The Hall–Kier alpha value is -2.61. The molecule has 0 fully saturated rings. The van der Waals surface area contributed by atoms with Crippen LogP contribution in [0.4, 0.5) is 8.78 Å². The minimum Gasteiger partial charge on any atom is -0.482 e. The Labute approximate surface area is 157 Å². The maximum Gasteiger partial charge on any atom is 0.189 e. The van der Waals surface area contributed by atoms with E-state index < -0.39 is 11.6 Å². The van der Waals surface area contributed by atoms with Crippen molar-refractivity contribution in [2.24, 2.45) is 5.92 Å². The van der Waals surface area contributed by atoms with Crippen LogP contribution in [0.2, 0.25) is 0 Å². The topological polar surface area (TPSA) is 52.3 Å². The monoisotopic (exact) mass is 386 g/mol. The van der Waals surface area contributed by atoms with Crippen LogP contribution in [0.25, 0.3) is 15.9 Å². The van der Waals surface area contributed by atoms with Crippen LogP contribution in [0.3, 0.4) is 0 Å². The fourth-order valence-electron chi connectivity index (χ4n) is 3.58. The molecule has 0 bridgehead atoms. The van der Waals surface area contributed by atoms with E-state index in [1.54, 1.807) is 22.2 Å². The van der Waals surface area contributed by atoms with Gasteiger partial charge in [0.1, 0.15) is 23.6 Å². The SMILES string of the molecule is C[C@H]1CCc2c(sc3ncn4nc(COc5ccc(F)cc5F)nc4c23)C1. The molecular weight excluding hydrogens is 370 g/mol. The third-order valence-electron chi connectivity index (χ3n) is 4.93. The van der Waals surface area contributed by atoms with Gasteiger partial charge >= 0.3 is 0 Å². The quantitative estimate of drug-likeness (QED) is 0.526. The average Bonchev–Trinajstić information content (AvgIpc) is 3.20. The van der Waals surface area contributed by atoms with Gasteiger partial charge in [-0.1, -0.05) is 6.92 Å². The normalized spacial score (nSPS) is 16.8. The fourth-order valence-corrected chi connectivity index (χ4v) is 4.92. The smallest absolute Gasteiger partial charge is 0.189 e. The van der Waals surface area contributed by atoms with E-state index in [4.69, 9.17) is 4.74 Å². The van der Waals surface area contributed by atoms with Crippen LogP contribution in [-0.2, 0) is 19.4 Å². The van der Waals surface area contributed by atoms with Crippen molar-refractivity contribution in [3.8, 4) is 5.75 Å². The van der Waals surface area contributed by atoms with Gasteiger partial charge in [-0.15, -0.1) is 16.4 Å². The molecule has 5 rings (SSSR count). The standard InChI is InChI=1S/C19H16F2N4OS/c1-10-2-4-12-15(6-10)27-19-17(12)18-23-16(24-25(18)9-22-19)8-26-14-5-3-11(20)7-13(14)21/h3,5,7,9-10H,2,4,6,8H2,1H3/t10-/m0/s1. The van der Waals surface area contributed by atoms with Crippen molar-refractivity contribution in [2.45, 2.75) is 32.8 Å². The molecule has 0 unspecified atom stereocenters. The number of benzene rings is 1. The lowest BCUT2D eigenvalue weighted by atomic mass is 9.89. The minimum atomic E-state index is -0.746. The second-order valence-corrected chi connectivity index (χ2v) is 8.02. The number of ether oxygens (including phenoxy) is 1. The molecule has 0 saturated carbocycles. The minimum absolute atomic E-state index is 0.00487. The van der Waals surface area contributed by atoms with Crippen molar-refractivity contribution in [3.63, 3.8) is 0 Å². The molecule has 4 aromatic rings. The zero-order valence-electron chi connectivity index (χ0n) is 14.6. The number of aromatic nitrogens is 4. The number of rotatable bonds is 3. The number of hydrogen-bond acceptors (Lipinski definition) is 5. The van der Waals surface area contributed by atoms with E-state index in [9.17, 15) is 8.78 Å². The van der Waals surface area contributed by atoms with Crippen molar-refractivity contribution in [2.75, 3.05) is 0 Å². The third kappa shape index (κ3) is 2.84. The van der Waals surface area contributed by atoms with Gasteiger partial charge in [0.05, 0.1) is 5.39 Å². The Bertz CT molecular complexity index is 1170. The maximum atomic E-state index is 13.7. The Morgan fingerprint density at radius 2 is 2.22 bits per heavy atom. The van der Waals surface area contributed by atoms with Gasteiger partial charge in [0.2, 0.25) is 0 Å².